The van der Waals surface area contributed by atoms with Crippen molar-refractivity contribution in [2.24, 2.45) is 5.73 Å². The molecule has 3 rings (SSSR count). The first-order valence-corrected chi connectivity index (χ1v) is 11.7. The van der Waals surface area contributed by atoms with Crippen LogP contribution in [0.5, 0.6) is 0 Å². The minimum absolute atomic E-state index is 0.0681. The van der Waals surface area contributed by atoms with Gasteiger partial charge in [0.2, 0.25) is 5.91 Å². The molecule has 0 unspecified atom stereocenters. The van der Waals surface area contributed by atoms with E-state index in [2.05, 4.69) is 33.4 Å². The Bertz CT molecular complexity index is 1180. The van der Waals surface area contributed by atoms with Crippen molar-refractivity contribution >= 4 is 57.4 Å². The first kappa shape index (κ1) is 28.4. The number of benzene rings is 3. The second-order valence-corrected chi connectivity index (χ2v) is 8.73. The standard InChI is InChI=1S/C17H16ClF2IN2O3.C7H7NO/c1-9-7-10(21)3-4-13(9)22-16-11(8-12(18)14(19)15(16)20)17(25)23-26-6-2-5-24;8-7(9)6-4-2-1-3-5-6/h3-4,7-8,22,24H,2,5-6H2,1H3,(H,23,25);1-5H,(H2,8,9). The van der Waals surface area contributed by atoms with Gasteiger partial charge in [0.15, 0.2) is 11.6 Å². The number of aliphatic hydroxyl groups is 1. The van der Waals surface area contributed by atoms with Crippen molar-refractivity contribution in [2.75, 3.05) is 18.5 Å². The number of halogens is 4. The molecule has 0 saturated carbocycles. The predicted octanol–water partition coefficient (Wildman–Crippen LogP) is 5.10. The molecule has 0 radical (unpaired) electrons. The quantitative estimate of drug-likeness (QED) is 0.122. The van der Waals surface area contributed by atoms with Gasteiger partial charge in [-0.15, -0.1) is 0 Å². The van der Waals surface area contributed by atoms with Gasteiger partial charge in [0, 0.05) is 21.4 Å². The summed E-state index contributed by atoms with van der Waals surface area (Å²) < 4.78 is 29.3. The number of carbonyl (C=O) groups is 2. The molecule has 0 heterocycles. The van der Waals surface area contributed by atoms with Crippen LogP contribution in [0.15, 0.2) is 54.6 Å². The summed E-state index contributed by atoms with van der Waals surface area (Å²) in [7, 11) is 0. The van der Waals surface area contributed by atoms with Crippen LogP contribution in [-0.2, 0) is 4.84 Å². The summed E-state index contributed by atoms with van der Waals surface area (Å²) in [6.07, 6.45) is 0.311. The van der Waals surface area contributed by atoms with Crippen molar-refractivity contribution in [3.05, 3.63) is 91.5 Å². The lowest BCUT2D eigenvalue weighted by molar-refractivity contribution is 0.0262. The van der Waals surface area contributed by atoms with E-state index in [9.17, 15) is 18.4 Å². The Morgan fingerprint density at radius 2 is 1.80 bits per heavy atom. The number of hydroxylamine groups is 1. The van der Waals surface area contributed by atoms with Gasteiger partial charge in [-0.3, -0.25) is 14.4 Å². The molecular weight excluding hydrogens is 595 g/mol. The number of nitrogens with two attached hydrogens (primary N) is 1. The monoisotopic (exact) mass is 617 g/mol. The second kappa shape index (κ2) is 13.9. The van der Waals surface area contributed by atoms with E-state index in [0.29, 0.717) is 17.7 Å². The zero-order chi connectivity index (χ0) is 26.0. The van der Waals surface area contributed by atoms with E-state index in [0.717, 1.165) is 15.2 Å². The fourth-order valence-electron chi connectivity index (χ4n) is 2.71. The normalized spacial score (nSPS) is 10.2. The Labute approximate surface area is 219 Å². The molecule has 11 heteroatoms. The van der Waals surface area contributed by atoms with Gasteiger partial charge in [0.05, 0.1) is 22.9 Å². The molecule has 0 aliphatic rings. The number of carbonyl (C=O) groups excluding carboxylic acids is 2. The summed E-state index contributed by atoms with van der Waals surface area (Å²) in [5.41, 5.74) is 8.39. The first-order chi connectivity index (χ1) is 16.6. The summed E-state index contributed by atoms with van der Waals surface area (Å²) in [6, 6.07) is 15.1. The van der Waals surface area contributed by atoms with Crippen LogP contribution >= 0.6 is 34.2 Å². The molecule has 0 saturated heterocycles. The molecular formula is C24H23ClF2IN3O4. The Hall–Kier alpha value is -2.80. The number of hydrogen-bond acceptors (Lipinski definition) is 5. The SMILES string of the molecule is Cc1cc(I)ccc1Nc1c(C(=O)NOCCCO)cc(Cl)c(F)c1F.NC(=O)c1ccccc1. The average Bonchev–Trinajstić information content (AvgIpc) is 2.84. The molecule has 0 aromatic heterocycles. The number of amides is 2. The van der Waals surface area contributed by atoms with Gasteiger partial charge in [-0.1, -0.05) is 29.8 Å². The lowest BCUT2D eigenvalue weighted by Crippen LogP contribution is -2.26. The average molecular weight is 618 g/mol. The molecule has 0 aliphatic heterocycles. The zero-order valence-electron chi connectivity index (χ0n) is 18.6. The number of nitrogens with one attached hydrogen (secondary N) is 2. The third-order valence-electron chi connectivity index (χ3n) is 4.48. The van der Waals surface area contributed by atoms with Crippen LogP contribution in [0.4, 0.5) is 20.2 Å². The van der Waals surface area contributed by atoms with Crippen molar-refractivity contribution in [2.45, 2.75) is 13.3 Å². The Kier molecular flexibility index (Phi) is 11.3. The summed E-state index contributed by atoms with van der Waals surface area (Å²) in [6.45, 7) is 1.76. The largest absolute Gasteiger partial charge is 0.396 e. The highest BCUT2D eigenvalue weighted by Gasteiger charge is 2.23. The fraction of sp³-hybridized carbons (Fsp3) is 0.167. The molecule has 0 fully saturated rings. The van der Waals surface area contributed by atoms with Gasteiger partial charge >= 0.3 is 0 Å². The van der Waals surface area contributed by atoms with E-state index in [-0.39, 0.29) is 30.4 Å². The molecule has 186 valence electrons. The second-order valence-electron chi connectivity index (χ2n) is 7.08. The van der Waals surface area contributed by atoms with Gasteiger partial charge in [-0.05, 0) is 77.9 Å². The minimum atomic E-state index is -1.27. The molecule has 0 atom stereocenters. The topological polar surface area (TPSA) is 114 Å². The summed E-state index contributed by atoms with van der Waals surface area (Å²) in [5, 5.41) is 10.9. The van der Waals surface area contributed by atoms with Gasteiger partial charge < -0.3 is 16.2 Å². The van der Waals surface area contributed by atoms with Gasteiger partial charge in [-0.25, -0.2) is 14.3 Å². The highest BCUT2D eigenvalue weighted by molar-refractivity contribution is 14.1. The lowest BCUT2D eigenvalue weighted by Gasteiger charge is -2.16. The molecule has 5 N–H and O–H groups in total. The molecule has 2 amide bonds. The zero-order valence-corrected chi connectivity index (χ0v) is 21.5. The third kappa shape index (κ3) is 8.42. The number of anilines is 2. The number of aryl methyl sites for hydroxylation is 1. The molecule has 0 bridgehead atoms. The highest BCUT2D eigenvalue weighted by Crippen LogP contribution is 2.32. The van der Waals surface area contributed by atoms with Gasteiger partial charge in [-0.2, -0.15) is 0 Å². The molecule has 3 aromatic rings. The van der Waals surface area contributed by atoms with Crippen LogP contribution in [0.3, 0.4) is 0 Å². The molecule has 35 heavy (non-hydrogen) atoms. The van der Waals surface area contributed by atoms with Crippen molar-refractivity contribution in [3.63, 3.8) is 0 Å². The van der Waals surface area contributed by atoms with Gasteiger partial charge in [0.1, 0.15) is 0 Å². The van der Waals surface area contributed by atoms with Crippen LogP contribution in [0.25, 0.3) is 0 Å². The third-order valence-corrected chi connectivity index (χ3v) is 5.43. The van der Waals surface area contributed by atoms with Crippen LogP contribution in [-0.4, -0.2) is 30.1 Å². The molecule has 7 nitrogen and oxygen atoms in total. The van der Waals surface area contributed by atoms with E-state index in [1.807, 2.05) is 12.1 Å². The van der Waals surface area contributed by atoms with E-state index < -0.39 is 22.6 Å². The van der Waals surface area contributed by atoms with Crippen LogP contribution < -0.4 is 16.5 Å². The van der Waals surface area contributed by atoms with E-state index in [4.69, 9.17) is 27.3 Å². The Morgan fingerprint density at radius 3 is 2.37 bits per heavy atom. The molecule has 0 spiro atoms. The van der Waals surface area contributed by atoms with Crippen molar-refractivity contribution < 1.29 is 28.3 Å². The highest BCUT2D eigenvalue weighted by atomic mass is 127. The number of hydrogen-bond donors (Lipinski definition) is 4. The van der Waals surface area contributed by atoms with Crippen LogP contribution in [0.1, 0.15) is 32.7 Å². The fourth-order valence-corrected chi connectivity index (χ4v) is 3.55. The van der Waals surface area contributed by atoms with Crippen LogP contribution in [0, 0.1) is 22.1 Å². The maximum absolute atomic E-state index is 14.4. The van der Waals surface area contributed by atoms with E-state index in [1.54, 1.807) is 43.3 Å². The Balaban J connectivity index is 0.000000402. The number of rotatable bonds is 8. The number of aliphatic hydroxyl groups excluding tert-OH is 1. The lowest BCUT2D eigenvalue weighted by atomic mass is 10.1. The maximum atomic E-state index is 14.4. The summed E-state index contributed by atoms with van der Waals surface area (Å²) in [4.78, 5) is 27.6. The van der Waals surface area contributed by atoms with Crippen molar-refractivity contribution in [1.82, 2.24) is 5.48 Å². The summed E-state index contributed by atoms with van der Waals surface area (Å²) >= 11 is 7.81. The smallest absolute Gasteiger partial charge is 0.277 e. The van der Waals surface area contributed by atoms with Crippen LogP contribution in [0.2, 0.25) is 5.02 Å². The number of primary amides is 1. The van der Waals surface area contributed by atoms with E-state index in [1.165, 1.54) is 0 Å². The van der Waals surface area contributed by atoms with Crippen molar-refractivity contribution in [1.29, 1.82) is 0 Å². The molecule has 0 aliphatic carbocycles. The van der Waals surface area contributed by atoms with E-state index >= 15 is 0 Å². The molecule has 3 aromatic carbocycles. The maximum Gasteiger partial charge on any atom is 0.277 e. The van der Waals surface area contributed by atoms with Crippen molar-refractivity contribution in [3.8, 4) is 0 Å². The summed E-state index contributed by atoms with van der Waals surface area (Å²) in [5.74, 6) is -3.70. The predicted molar refractivity (Wildman–Crippen MR) is 139 cm³/mol. The van der Waals surface area contributed by atoms with Gasteiger partial charge in [0.25, 0.3) is 5.91 Å². The minimum Gasteiger partial charge on any atom is -0.396 e. The Morgan fingerprint density at radius 1 is 1.11 bits per heavy atom. The first-order valence-electron chi connectivity index (χ1n) is 10.2.